The Morgan fingerprint density at radius 3 is 2.57 bits per heavy atom. The van der Waals surface area contributed by atoms with E-state index in [9.17, 15) is 0 Å². The third-order valence-electron chi connectivity index (χ3n) is 0.376. The fourth-order valence-corrected chi connectivity index (χ4v) is 0.192. The lowest BCUT2D eigenvalue weighted by atomic mass is 10.5. The lowest BCUT2D eigenvalue weighted by Crippen LogP contribution is -1.93. The van der Waals surface area contributed by atoms with Gasteiger partial charge in [0.2, 0.25) is 0 Å². The normalized spacial score (nSPS) is 10.6. The van der Waals surface area contributed by atoms with E-state index in [1.54, 1.807) is 6.07 Å². The number of oxime groups is 1. The van der Waals surface area contributed by atoms with Gasteiger partial charge >= 0.3 is 0 Å². The second-order valence-electron chi connectivity index (χ2n) is 0.792. The molecule has 0 aromatic heterocycles. The van der Waals surface area contributed by atoms with Crippen LogP contribution in [0.1, 0.15) is 0 Å². The molecule has 0 radical (unpaired) electrons. The molecule has 0 aliphatic rings. The minimum absolute atomic E-state index is 0.0347. The molecule has 0 heterocycles. The summed E-state index contributed by atoms with van der Waals surface area (Å²) in [6.45, 7) is 0. The number of nitriles is 1. The largest absolute Gasteiger partial charge is 0.410 e. The van der Waals surface area contributed by atoms with Crippen molar-refractivity contribution in [2.75, 3.05) is 5.88 Å². The molecular formula is C3H3ClN2O. The smallest absolute Gasteiger partial charge is 0.171 e. The molecule has 0 amide bonds. The zero-order chi connectivity index (χ0) is 5.70. The van der Waals surface area contributed by atoms with E-state index in [1.807, 2.05) is 0 Å². The van der Waals surface area contributed by atoms with Gasteiger partial charge in [0.1, 0.15) is 6.07 Å². The van der Waals surface area contributed by atoms with Crippen LogP contribution in [0.3, 0.4) is 0 Å². The molecule has 0 aliphatic carbocycles. The van der Waals surface area contributed by atoms with E-state index in [0.29, 0.717) is 0 Å². The minimum Gasteiger partial charge on any atom is -0.410 e. The van der Waals surface area contributed by atoms with Crippen LogP contribution in [0.25, 0.3) is 0 Å². The topological polar surface area (TPSA) is 56.4 Å². The molecule has 1 N–H and O–H groups in total. The van der Waals surface area contributed by atoms with E-state index in [2.05, 4.69) is 5.16 Å². The van der Waals surface area contributed by atoms with Crippen molar-refractivity contribution in [3.63, 3.8) is 0 Å². The molecule has 0 saturated carbocycles. The first-order valence-corrected chi connectivity index (χ1v) is 2.05. The van der Waals surface area contributed by atoms with E-state index in [4.69, 9.17) is 22.1 Å². The van der Waals surface area contributed by atoms with E-state index in [-0.39, 0.29) is 11.6 Å². The summed E-state index contributed by atoms with van der Waals surface area (Å²) in [5, 5.41) is 18.3. The van der Waals surface area contributed by atoms with Gasteiger partial charge in [-0.3, -0.25) is 0 Å². The number of rotatable bonds is 1. The van der Waals surface area contributed by atoms with Crippen LogP contribution in [0, 0.1) is 11.3 Å². The Balaban J connectivity index is 3.68. The van der Waals surface area contributed by atoms with Gasteiger partial charge in [0.15, 0.2) is 5.71 Å². The van der Waals surface area contributed by atoms with Gasteiger partial charge in [-0.1, -0.05) is 5.16 Å². The maximum Gasteiger partial charge on any atom is 0.171 e. The molecule has 0 fully saturated rings. The number of nitrogens with zero attached hydrogens (tertiary/aromatic N) is 2. The summed E-state index contributed by atoms with van der Waals surface area (Å²) in [6, 6.07) is 1.57. The van der Waals surface area contributed by atoms with Crippen LogP contribution in [-0.4, -0.2) is 16.8 Å². The summed E-state index contributed by atoms with van der Waals surface area (Å²) >= 11 is 5.05. The summed E-state index contributed by atoms with van der Waals surface area (Å²) in [6.07, 6.45) is 0. The molecule has 4 heteroatoms. The van der Waals surface area contributed by atoms with Crippen LogP contribution in [0.4, 0.5) is 0 Å². The Hall–Kier alpha value is -0.750. The average Bonchev–Trinajstić information content (AvgIpc) is 1.72. The summed E-state index contributed by atoms with van der Waals surface area (Å²) < 4.78 is 0. The van der Waals surface area contributed by atoms with Gasteiger partial charge in [0.25, 0.3) is 0 Å². The molecule has 7 heavy (non-hydrogen) atoms. The molecule has 38 valence electrons. The molecule has 0 spiro atoms. The highest BCUT2D eigenvalue weighted by Crippen LogP contribution is 1.77. The van der Waals surface area contributed by atoms with Crippen molar-refractivity contribution in [2.45, 2.75) is 0 Å². The summed E-state index contributed by atoms with van der Waals surface area (Å²) in [5.41, 5.74) is -0.0679. The van der Waals surface area contributed by atoms with Crippen LogP contribution in [-0.2, 0) is 0 Å². The van der Waals surface area contributed by atoms with Crippen LogP contribution >= 0.6 is 11.6 Å². The zero-order valence-corrected chi connectivity index (χ0v) is 4.18. The van der Waals surface area contributed by atoms with Crippen molar-refractivity contribution >= 4 is 17.3 Å². The highest BCUT2D eigenvalue weighted by molar-refractivity contribution is 6.31. The van der Waals surface area contributed by atoms with Crippen molar-refractivity contribution in [3.8, 4) is 6.07 Å². The second kappa shape index (κ2) is 3.44. The Bertz CT molecular complexity index is 115. The van der Waals surface area contributed by atoms with E-state index >= 15 is 0 Å². The van der Waals surface area contributed by atoms with Crippen LogP contribution < -0.4 is 0 Å². The average molecular weight is 119 g/mol. The molecular weight excluding hydrogens is 115 g/mol. The predicted molar refractivity (Wildman–Crippen MR) is 25.6 cm³/mol. The summed E-state index contributed by atoms with van der Waals surface area (Å²) in [4.78, 5) is 0. The standard InChI is InChI=1S/C3H3ClN2O/c4-1-3(2-5)6-7/h7H,1H2. The Morgan fingerprint density at radius 2 is 2.57 bits per heavy atom. The monoisotopic (exact) mass is 118 g/mol. The fourth-order valence-electron chi connectivity index (χ4n) is 0.0790. The minimum atomic E-state index is -0.0679. The summed E-state index contributed by atoms with van der Waals surface area (Å²) in [7, 11) is 0. The third-order valence-corrected chi connectivity index (χ3v) is 0.629. The number of hydrogen-bond acceptors (Lipinski definition) is 3. The number of alkyl halides is 1. The predicted octanol–water partition coefficient (Wildman–Crippen LogP) is 0.579. The first-order valence-electron chi connectivity index (χ1n) is 1.52. The lowest BCUT2D eigenvalue weighted by molar-refractivity contribution is 0.319. The van der Waals surface area contributed by atoms with E-state index in [1.165, 1.54) is 0 Å². The number of halogens is 1. The van der Waals surface area contributed by atoms with Gasteiger partial charge in [-0.05, 0) is 0 Å². The molecule has 0 bridgehead atoms. The van der Waals surface area contributed by atoms with Gasteiger partial charge in [-0.25, -0.2) is 0 Å². The van der Waals surface area contributed by atoms with Crippen LogP contribution in [0.5, 0.6) is 0 Å². The van der Waals surface area contributed by atoms with Crippen molar-refractivity contribution in [1.29, 1.82) is 5.26 Å². The van der Waals surface area contributed by atoms with Crippen LogP contribution in [0.15, 0.2) is 5.16 Å². The Morgan fingerprint density at radius 1 is 2.00 bits per heavy atom. The maximum atomic E-state index is 7.90. The van der Waals surface area contributed by atoms with E-state index in [0.717, 1.165) is 0 Å². The summed E-state index contributed by atoms with van der Waals surface area (Å²) in [5.74, 6) is -0.0347. The number of hydrogen-bond donors (Lipinski definition) is 1. The molecule has 0 aromatic carbocycles. The lowest BCUT2D eigenvalue weighted by Gasteiger charge is -1.76. The highest BCUT2D eigenvalue weighted by Gasteiger charge is 1.89. The molecule has 0 saturated heterocycles. The van der Waals surface area contributed by atoms with Gasteiger partial charge in [-0.15, -0.1) is 11.6 Å². The molecule has 0 aromatic rings. The molecule has 0 aliphatic heterocycles. The molecule has 3 nitrogen and oxygen atoms in total. The SMILES string of the molecule is N#CC(CCl)=NO. The quantitative estimate of drug-likeness (QED) is 0.237. The van der Waals surface area contributed by atoms with Gasteiger partial charge in [0, 0.05) is 0 Å². The van der Waals surface area contributed by atoms with Crippen molar-refractivity contribution in [1.82, 2.24) is 0 Å². The third kappa shape index (κ3) is 2.01. The van der Waals surface area contributed by atoms with Gasteiger partial charge < -0.3 is 5.21 Å². The van der Waals surface area contributed by atoms with Crippen molar-refractivity contribution in [2.24, 2.45) is 5.16 Å². The second-order valence-corrected chi connectivity index (χ2v) is 1.06. The van der Waals surface area contributed by atoms with Gasteiger partial charge in [-0.2, -0.15) is 5.26 Å². The zero-order valence-electron chi connectivity index (χ0n) is 3.43. The maximum absolute atomic E-state index is 7.90. The van der Waals surface area contributed by atoms with Crippen molar-refractivity contribution in [3.05, 3.63) is 0 Å². The van der Waals surface area contributed by atoms with Crippen LogP contribution in [0.2, 0.25) is 0 Å². The highest BCUT2D eigenvalue weighted by atomic mass is 35.5. The van der Waals surface area contributed by atoms with E-state index < -0.39 is 0 Å². The Kier molecular flexibility index (Phi) is 3.07. The Labute approximate surface area is 45.8 Å². The molecule has 0 atom stereocenters. The van der Waals surface area contributed by atoms with Crippen molar-refractivity contribution < 1.29 is 5.21 Å². The first-order chi connectivity index (χ1) is 3.35. The fraction of sp³-hybridized carbons (Fsp3) is 0.333. The molecule has 0 unspecified atom stereocenters. The first kappa shape index (κ1) is 6.25. The molecule has 0 rings (SSSR count). The van der Waals surface area contributed by atoms with Gasteiger partial charge in [0.05, 0.1) is 5.88 Å².